The summed E-state index contributed by atoms with van der Waals surface area (Å²) in [5, 5.41) is 0. The van der Waals surface area contributed by atoms with Crippen molar-refractivity contribution in [1.29, 1.82) is 0 Å². The molecule has 0 aromatic heterocycles. The molecule has 1 aromatic carbocycles. The summed E-state index contributed by atoms with van der Waals surface area (Å²) in [5.74, 6) is 2.31. The van der Waals surface area contributed by atoms with Crippen LogP contribution in [0.25, 0.3) is 0 Å². The van der Waals surface area contributed by atoms with E-state index >= 15 is 0 Å². The normalized spacial score (nSPS) is 36.5. The number of nitrogens with zero attached hydrogens (tertiary/aromatic N) is 1. The van der Waals surface area contributed by atoms with E-state index in [9.17, 15) is 4.79 Å². The van der Waals surface area contributed by atoms with Gasteiger partial charge in [-0.3, -0.25) is 9.69 Å². The van der Waals surface area contributed by atoms with Gasteiger partial charge in [-0.05, 0) is 67.2 Å². The van der Waals surface area contributed by atoms with Gasteiger partial charge < -0.3 is 14.2 Å². The zero-order valence-electron chi connectivity index (χ0n) is 20.1. The Morgan fingerprint density at radius 2 is 1.94 bits per heavy atom. The first-order chi connectivity index (χ1) is 15.3. The summed E-state index contributed by atoms with van der Waals surface area (Å²) in [6, 6.07) is 4.44. The van der Waals surface area contributed by atoms with Crippen LogP contribution in [0, 0.1) is 23.2 Å². The van der Waals surface area contributed by atoms with Crippen molar-refractivity contribution in [3.8, 4) is 11.5 Å². The Labute approximate surface area is 192 Å². The van der Waals surface area contributed by atoms with Crippen molar-refractivity contribution in [3.63, 3.8) is 0 Å². The number of allylic oxidation sites excluding steroid dienone is 1. The van der Waals surface area contributed by atoms with Crippen LogP contribution in [0.4, 0.5) is 0 Å². The smallest absolute Gasteiger partial charge is 0.311 e. The van der Waals surface area contributed by atoms with E-state index in [1.165, 1.54) is 30.4 Å². The number of carbonyl (C=O) groups is 1. The van der Waals surface area contributed by atoms with Crippen molar-refractivity contribution in [2.45, 2.75) is 65.0 Å². The number of esters is 1. The van der Waals surface area contributed by atoms with Crippen LogP contribution in [0.15, 0.2) is 23.8 Å². The summed E-state index contributed by atoms with van der Waals surface area (Å²) in [6.45, 7) is 8.68. The van der Waals surface area contributed by atoms with Gasteiger partial charge in [-0.2, -0.15) is 0 Å². The Hall–Kier alpha value is -2.01. The lowest BCUT2D eigenvalue weighted by molar-refractivity contribution is -0.145. The SMILES string of the molecule is COc1cc2c(cc1OC)[C@@H](C)N(CC1C(=O)O[C@@H]3C[C@]4(C)CCC[C@@H](C)C4=C[C@H]13)CC2. The molecule has 2 heterocycles. The number of hydrogen-bond donors (Lipinski definition) is 0. The van der Waals surface area contributed by atoms with Crippen molar-refractivity contribution in [2.24, 2.45) is 23.2 Å². The summed E-state index contributed by atoms with van der Waals surface area (Å²) in [5.41, 5.74) is 4.38. The molecule has 2 aliphatic heterocycles. The maximum atomic E-state index is 13.0. The lowest BCUT2D eigenvalue weighted by atomic mass is 9.59. The maximum Gasteiger partial charge on any atom is 0.311 e. The summed E-state index contributed by atoms with van der Waals surface area (Å²) < 4.78 is 17.0. The Morgan fingerprint density at radius 1 is 1.19 bits per heavy atom. The van der Waals surface area contributed by atoms with Gasteiger partial charge in [0.15, 0.2) is 11.5 Å². The monoisotopic (exact) mass is 439 g/mol. The Balaban J connectivity index is 1.39. The first-order valence-corrected chi connectivity index (χ1v) is 12.3. The van der Waals surface area contributed by atoms with Crippen molar-refractivity contribution >= 4 is 5.97 Å². The topological polar surface area (TPSA) is 48.0 Å². The molecule has 5 rings (SSSR count). The number of carbonyl (C=O) groups excluding carboxylic acids is 1. The van der Waals surface area contributed by atoms with Gasteiger partial charge in [0.1, 0.15) is 6.10 Å². The van der Waals surface area contributed by atoms with Crippen LogP contribution in [0.5, 0.6) is 11.5 Å². The number of fused-ring (bicyclic) bond motifs is 3. The molecule has 5 heteroatoms. The molecule has 0 bridgehead atoms. The molecule has 1 saturated carbocycles. The van der Waals surface area contributed by atoms with Gasteiger partial charge in [-0.25, -0.2) is 0 Å². The molecule has 4 aliphatic rings. The average molecular weight is 440 g/mol. The molecule has 2 aliphatic carbocycles. The third kappa shape index (κ3) is 3.44. The third-order valence-corrected chi connectivity index (χ3v) is 8.82. The maximum absolute atomic E-state index is 13.0. The van der Waals surface area contributed by atoms with E-state index < -0.39 is 0 Å². The number of ether oxygens (including phenoxy) is 3. The molecule has 0 radical (unpaired) electrons. The highest BCUT2D eigenvalue weighted by atomic mass is 16.6. The quantitative estimate of drug-likeness (QED) is 0.491. The van der Waals surface area contributed by atoms with Gasteiger partial charge in [0.05, 0.1) is 20.1 Å². The number of rotatable bonds is 4. The van der Waals surface area contributed by atoms with Crippen molar-refractivity contribution in [2.75, 3.05) is 27.3 Å². The molecule has 174 valence electrons. The molecule has 1 unspecified atom stereocenters. The van der Waals surface area contributed by atoms with E-state index in [1.807, 2.05) is 0 Å². The first kappa shape index (κ1) is 21.8. The van der Waals surface area contributed by atoms with E-state index in [4.69, 9.17) is 14.2 Å². The number of methoxy groups -OCH3 is 2. The van der Waals surface area contributed by atoms with E-state index in [0.717, 1.165) is 37.4 Å². The second kappa shape index (κ2) is 8.09. The van der Waals surface area contributed by atoms with E-state index in [-0.39, 0.29) is 35.4 Å². The number of benzene rings is 1. The Morgan fingerprint density at radius 3 is 2.69 bits per heavy atom. The molecule has 0 amide bonds. The van der Waals surface area contributed by atoms with Crippen molar-refractivity contribution in [1.82, 2.24) is 4.90 Å². The number of hydrogen-bond acceptors (Lipinski definition) is 5. The standard InChI is InChI=1S/C27H37NO4/c1-16-7-6-9-27(3)14-25-20(12-22(16)27)21(26(29)32-25)15-28-10-8-18-11-23(30-4)24(31-5)13-19(18)17(28)2/h11-13,16-17,20-21,25H,6-10,14-15H2,1-5H3/t16-,17-,20-,21?,25-,27+/m1/s1. The van der Waals surface area contributed by atoms with Crippen LogP contribution in [-0.2, 0) is 16.0 Å². The first-order valence-electron chi connectivity index (χ1n) is 12.3. The highest BCUT2D eigenvalue weighted by Crippen LogP contribution is 2.54. The second-order valence-electron chi connectivity index (χ2n) is 10.7. The van der Waals surface area contributed by atoms with Crippen LogP contribution in [0.2, 0.25) is 0 Å². The van der Waals surface area contributed by atoms with Crippen molar-refractivity contribution in [3.05, 3.63) is 34.9 Å². The van der Waals surface area contributed by atoms with Gasteiger partial charge in [0.2, 0.25) is 0 Å². The zero-order valence-corrected chi connectivity index (χ0v) is 20.1. The lowest BCUT2D eigenvalue weighted by Gasteiger charge is -2.46. The van der Waals surface area contributed by atoms with Crippen LogP contribution in [0.3, 0.4) is 0 Å². The highest BCUT2D eigenvalue weighted by Gasteiger charge is 2.52. The van der Waals surface area contributed by atoms with Gasteiger partial charge in [0, 0.05) is 25.0 Å². The van der Waals surface area contributed by atoms with E-state index in [1.54, 1.807) is 19.8 Å². The second-order valence-corrected chi connectivity index (χ2v) is 10.7. The molecular weight excluding hydrogens is 402 g/mol. The largest absolute Gasteiger partial charge is 0.493 e. The van der Waals surface area contributed by atoms with Crippen LogP contribution >= 0.6 is 0 Å². The summed E-state index contributed by atoms with van der Waals surface area (Å²) in [4.78, 5) is 15.5. The minimum atomic E-state index is -0.0738. The fourth-order valence-electron chi connectivity index (χ4n) is 6.96. The minimum Gasteiger partial charge on any atom is -0.493 e. The highest BCUT2D eigenvalue weighted by molar-refractivity contribution is 5.76. The van der Waals surface area contributed by atoms with E-state index in [2.05, 4.69) is 43.9 Å². The third-order valence-electron chi connectivity index (χ3n) is 8.82. The molecule has 2 fully saturated rings. The average Bonchev–Trinajstić information content (AvgIpc) is 3.06. The van der Waals surface area contributed by atoms with Gasteiger partial charge in [-0.1, -0.05) is 31.9 Å². The Kier molecular flexibility index (Phi) is 5.51. The molecule has 0 N–H and O–H groups in total. The predicted molar refractivity (Wildman–Crippen MR) is 124 cm³/mol. The van der Waals surface area contributed by atoms with Crippen molar-refractivity contribution < 1.29 is 19.0 Å². The van der Waals surface area contributed by atoms with E-state index in [0.29, 0.717) is 5.92 Å². The summed E-state index contributed by atoms with van der Waals surface area (Å²) >= 11 is 0. The fourth-order valence-corrected chi connectivity index (χ4v) is 6.96. The van der Waals surface area contributed by atoms with Gasteiger partial charge >= 0.3 is 5.97 Å². The minimum absolute atomic E-state index is 0.00272. The zero-order chi connectivity index (χ0) is 22.6. The fraction of sp³-hybridized carbons (Fsp3) is 0.667. The molecule has 1 saturated heterocycles. The predicted octanol–water partition coefficient (Wildman–Crippen LogP) is 4.94. The van der Waals surface area contributed by atoms with Gasteiger partial charge in [-0.15, -0.1) is 0 Å². The summed E-state index contributed by atoms with van der Waals surface area (Å²) in [6.07, 6.45) is 8.22. The molecule has 1 aromatic rings. The molecule has 6 atom stereocenters. The van der Waals surface area contributed by atoms with Gasteiger partial charge in [0.25, 0.3) is 0 Å². The molecular formula is C27H37NO4. The summed E-state index contributed by atoms with van der Waals surface area (Å²) in [7, 11) is 3.36. The lowest BCUT2D eigenvalue weighted by Crippen LogP contribution is -2.42. The Bertz CT molecular complexity index is 940. The van der Waals surface area contributed by atoms with Crippen LogP contribution in [-0.4, -0.2) is 44.3 Å². The molecule has 0 spiro atoms. The van der Waals surface area contributed by atoms with Crippen LogP contribution in [0.1, 0.15) is 63.6 Å². The molecule has 32 heavy (non-hydrogen) atoms. The molecule has 5 nitrogen and oxygen atoms in total. The van der Waals surface area contributed by atoms with Crippen LogP contribution < -0.4 is 9.47 Å².